The summed E-state index contributed by atoms with van der Waals surface area (Å²) in [5.41, 5.74) is 2.31. The maximum Gasteiger partial charge on any atom is 0.255 e. The van der Waals surface area contributed by atoms with Gasteiger partial charge in [0.05, 0.1) is 11.3 Å². The molecular weight excluding hydrogens is 178 g/mol. The molecule has 0 aromatic carbocycles. The Morgan fingerprint density at radius 2 is 2.21 bits per heavy atom. The van der Waals surface area contributed by atoms with E-state index in [0.29, 0.717) is 17.5 Å². The lowest BCUT2D eigenvalue weighted by atomic mass is 10.2. The van der Waals surface area contributed by atoms with Gasteiger partial charge in [-0.25, -0.2) is 0 Å². The molecule has 0 aliphatic heterocycles. The number of carbonyl (C=O) groups excluding carboxylic acids is 1. The third-order valence-corrected chi connectivity index (χ3v) is 2.78. The zero-order valence-corrected chi connectivity index (χ0v) is 8.72. The number of H-pyrrole nitrogens is 1. The van der Waals surface area contributed by atoms with E-state index in [0.717, 1.165) is 17.8 Å². The third-order valence-electron chi connectivity index (χ3n) is 2.78. The van der Waals surface area contributed by atoms with Crippen molar-refractivity contribution in [2.24, 2.45) is 5.92 Å². The molecule has 1 heterocycles. The largest absolute Gasteiger partial charge is 0.349 e. The van der Waals surface area contributed by atoms with Gasteiger partial charge >= 0.3 is 0 Å². The van der Waals surface area contributed by atoms with Crippen LogP contribution in [0.2, 0.25) is 0 Å². The molecule has 2 unspecified atom stereocenters. The molecule has 0 bridgehead atoms. The Hall–Kier alpha value is -1.32. The van der Waals surface area contributed by atoms with Crippen molar-refractivity contribution in [3.63, 3.8) is 0 Å². The van der Waals surface area contributed by atoms with Crippen LogP contribution in [0.15, 0.2) is 0 Å². The van der Waals surface area contributed by atoms with Gasteiger partial charge in [-0.3, -0.25) is 9.89 Å². The van der Waals surface area contributed by atoms with Gasteiger partial charge in [0.1, 0.15) is 0 Å². The Balaban J connectivity index is 2.10. The fourth-order valence-corrected chi connectivity index (χ4v) is 1.65. The second kappa shape index (κ2) is 3.12. The predicted molar refractivity (Wildman–Crippen MR) is 53.1 cm³/mol. The quantitative estimate of drug-likeness (QED) is 0.740. The Morgan fingerprint density at radius 1 is 1.57 bits per heavy atom. The van der Waals surface area contributed by atoms with Crippen LogP contribution in [0.3, 0.4) is 0 Å². The van der Waals surface area contributed by atoms with Crippen LogP contribution in [-0.2, 0) is 0 Å². The van der Waals surface area contributed by atoms with Gasteiger partial charge in [0.25, 0.3) is 5.91 Å². The number of aryl methyl sites for hydroxylation is 2. The molecular formula is C10H15N3O. The van der Waals surface area contributed by atoms with Crippen molar-refractivity contribution in [3.8, 4) is 0 Å². The van der Waals surface area contributed by atoms with Crippen LogP contribution < -0.4 is 5.32 Å². The van der Waals surface area contributed by atoms with Crippen molar-refractivity contribution in [2.45, 2.75) is 33.2 Å². The summed E-state index contributed by atoms with van der Waals surface area (Å²) in [5, 5.41) is 9.80. The Labute approximate surface area is 83.1 Å². The average Bonchev–Trinajstić information content (AvgIpc) is 2.67. The van der Waals surface area contributed by atoms with E-state index >= 15 is 0 Å². The first-order chi connectivity index (χ1) is 6.59. The molecule has 76 valence electrons. The minimum atomic E-state index is 0.00287. The molecule has 1 aromatic heterocycles. The molecule has 1 amide bonds. The second-order valence-electron chi connectivity index (χ2n) is 4.10. The van der Waals surface area contributed by atoms with E-state index in [-0.39, 0.29) is 5.91 Å². The number of hydrogen-bond donors (Lipinski definition) is 2. The van der Waals surface area contributed by atoms with Gasteiger partial charge < -0.3 is 5.32 Å². The van der Waals surface area contributed by atoms with Crippen molar-refractivity contribution in [1.29, 1.82) is 0 Å². The molecule has 1 aromatic rings. The zero-order chi connectivity index (χ0) is 10.3. The molecule has 1 aliphatic rings. The predicted octanol–water partition coefficient (Wildman–Crippen LogP) is 1.16. The van der Waals surface area contributed by atoms with Gasteiger partial charge in [0, 0.05) is 11.7 Å². The number of carbonyl (C=O) groups is 1. The first-order valence-electron chi connectivity index (χ1n) is 4.92. The summed E-state index contributed by atoms with van der Waals surface area (Å²) in [4.78, 5) is 11.8. The summed E-state index contributed by atoms with van der Waals surface area (Å²) in [6.45, 7) is 5.85. The van der Waals surface area contributed by atoms with Crippen molar-refractivity contribution in [1.82, 2.24) is 15.5 Å². The number of rotatable bonds is 2. The summed E-state index contributed by atoms with van der Waals surface area (Å²) in [5.74, 6) is 0.634. The highest BCUT2D eigenvalue weighted by Gasteiger charge is 2.34. The Bertz CT molecular complexity index is 350. The number of nitrogens with zero attached hydrogens (tertiary/aromatic N) is 1. The fraction of sp³-hybridized carbons (Fsp3) is 0.600. The average molecular weight is 193 g/mol. The summed E-state index contributed by atoms with van der Waals surface area (Å²) in [7, 11) is 0. The maximum atomic E-state index is 11.8. The van der Waals surface area contributed by atoms with Crippen molar-refractivity contribution >= 4 is 5.91 Å². The molecule has 2 N–H and O–H groups in total. The lowest BCUT2D eigenvalue weighted by Gasteiger charge is -2.03. The minimum Gasteiger partial charge on any atom is -0.349 e. The van der Waals surface area contributed by atoms with E-state index in [1.54, 1.807) is 0 Å². The monoisotopic (exact) mass is 193 g/mol. The number of nitrogens with one attached hydrogen (secondary N) is 2. The van der Waals surface area contributed by atoms with Gasteiger partial charge in [0.2, 0.25) is 0 Å². The highest BCUT2D eigenvalue weighted by Crippen LogP contribution is 2.29. The number of amides is 1. The first-order valence-corrected chi connectivity index (χ1v) is 4.92. The van der Waals surface area contributed by atoms with Crippen molar-refractivity contribution in [3.05, 3.63) is 17.0 Å². The van der Waals surface area contributed by atoms with Gasteiger partial charge in [-0.15, -0.1) is 0 Å². The number of hydrogen-bond acceptors (Lipinski definition) is 2. The van der Waals surface area contributed by atoms with Gasteiger partial charge in [-0.05, 0) is 26.2 Å². The minimum absolute atomic E-state index is 0.00287. The molecule has 0 spiro atoms. The van der Waals surface area contributed by atoms with E-state index in [4.69, 9.17) is 0 Å². The maximum absolute atomic E-state index is 11.8. The molecule has 0 radical (unpaired) electrons. The number of aromatic nitrogens is 2. The lowest BCUT2D eigenvalue weighted by Crippen LogP contribution is -2.27. The Kier molecular flexibility index (Phi) is 2.06. The standard InChI is InChI=1S/C10H15N3O/c1-5-4-8(5)11-10(14)9-6(2)12-13-7(9)3/h5,8H,4H2,1-3H3,(H,11,14)(H,12,13). The second-order valence-corrected chi connectivity index (χ2v) is 4.10. The van der Waals surface area contributed by atoms with E-state index < -0.39 is 0 Å². The molecule has 4 heteroatoms. The highest BCUT2D eigenvalue weighted by atomic mass is 16.1. The van der Waals surface area contributed by atoms with E-state index in [1.807, 2.05) is 13.8 Å². The van der Waals surface area contributed by atoms with Gasteiger partial charge in [0.15, 0.2) is 0 Å². The van der Waals surface area contributed by atoms with Crippen LogP contribution >= 0.6 is 0 Å². The SMILES string of the molecule is Cc1n[nH]c(C)c1C(=O)NC1CC1C. The molecule has 14 heavy (non-hydrogen) atoms. The summed E-state index contributed by atoms with van der Waals surface area (Å²) < 4.78 is 0. The van der Waals surface area contributed by atoms with Crippen LogP contribution in [0.4, 0.5) is 0 Å². The molecule has 0 saturated heterocycles. The molecule has 2 rings (SSSR count). The molecule has 1 aliphatic carbocycles. The van der Waals surface area contributed by atoms with Gasteiger partial charge in [-0.2, -0.15) is 5.10 Å². The molecule has 2 atom stereocenters. The van der Waals surface area contributed by atoms with E-state index in [2.05, 4.69) is 22.4 Å². The summed E-state index contributed by atoms with van der Waals surface area (Å²) in [6.07, 6.45) is 1.10. The van der Waals surface area contributed by atoms with Crippen molar-refractivity contribution < 1.29 is 4.79 Å². The lowest BCUT2D eigenvalue weighted by molar-refractivity contribution is 0.0948. The summed E-state index contributed by atoms with van der Waals surface area (Å²) >= 11 is 0. The summed E-state index contributed by atoms with van der Waals surface area (Å²) in [6, 6.07) is 0.371. The van der Waals surface area contributed by atoms with Crippen LogP contribution in [0.5, 0.6) is 0 Å². The van der Waals surface area contributed by atoms with E-state index in [9.17, 15) is 4.79 Å². The van der Waals surface area contributed by atoms with Crippen LogP contribution in [0.1, 0.15) is 35.1 Å². The highest BCUT2D eigenvalue weighted by molar-refractivity contribution is 5.96. The van der Waals surface area contributed by atoms with Crippen LogP contribution in [-0.4, -0.2) is 22.1 Å². The zero-order valence-electron chi connectivity index (χ0n) is 8.72. The topological polar surface area (TPSA) is 57.8 Å². The fourth-order valence-electron chi connectivity index (χ4n) is 1.65. The van der Waals surface area contributed by atoms with E-state index in [1.165, 1.54) is 0 Å². The smallest absolute Gasteiger partial charge is 0.255 e. The normalized spacial score (nSPS) is 24.8. The van der Waals surface area contributed by atoms with Gasteiger partial charge in [-0.1, -0.05) is 6.92 Å². The Morgan fingerprint density at radius 3 is 2.64 bits per heavy atom. The first kappa shape index (κ1) is 9.24. The molecule has 1 fully saturated rings. The van der Waals surface area contributed by atoms with Crippen LogP contribution in [0, 0.1) is 19.8 Å². The molecule has 4 nitrogen and oxygen atoms in total. The molecule has 1 saturated carbocycles. The number of aromatic amines is 1. The van der Waals surface area contributed by atoms with Crippen LogP contribution in [0.25, 0.3) is 0 Å². The third kappa shape index (κ3) is 1.52. The van der Waals surface area contributed by atoms with Crippen molar-refractivity contribution in [2.75, 3.05) is 0 Å².